The topological polar surface area (TPSA) is 42.4 Å². The molecule has 3 rings (SSSR count). The number of halogens is 1. The second-order valence-electron chi connectivity index (χ2n) is 5.59. The van der Waals surface area contributed by atoms with E-state index in [9.17, 15) is 4.79 Å². The molecular formula is C19H17ClN2O2S. The summed E-state index contributed by atoms with van der Waals surface area (Å²) in [4.78, 5) is 18.5. The average Bonchev–Trinajstić information content (AvgIpc) is 3.13. The number of carbonyl (C=O) groups excluding carboxylic acids is 1. The molecule has 0 unspecified atom stereocenters. The lowest BCUT2D eigenvalue weighted by atomic mass is 10.1. The highest BCUT2D eigenvalue weighted by atomic mass is 35.5. The zero-order chi connectivity index (χ0) is 17.6. The minimum Gasteiger partial charge on any atom is -0.487 e. The highest BCUT2D eigenvalue weighted by Gasteiger charge is 2.13. The van der Waals surface area contributed by atoms with Crippen molar-refractivity contribution in [3.63, 3.8) is 0 Å². The van der Waals surface area contributed by atoms with Crippen LogP contribution in [0.5, 0.6) is 5.75 Å². The van der Waals surface area contributed by atoms with Crippen LogP contribution in [0.25, 0.3) is 0 Å². The zero-order valence-corrected chi connectivity index (χ0v) is 15.3. The fourth-order valence-corrected chi connectivity index (χ4v) is 3.14. The molecule has 3 aromatic rings. The monoisotopic (exact) mass is 372 g/mol. The smallest absolute Gasteiger partial charge is 0.254 e. The molecule has 1 aromatic heterocycles. The van der Waals surface area contributed by atoms with Gasteiger partial charge < -0.3 is 9.64 Å². The summed E-state index contributed by atoms with van der Waals surface area (Å²) in [6, 6.07) is 14.7. The van der Waals surface area contributed by atoms with Crippen molar-refractivity contribution >= 4 is 28.8 Å². The van der Waals surface area contributed by atoms with Gasteiger partial charge in [0.1, 0.15) is 12.4 Å². The number of ether oxygens (including phenoxy) is 1. The Balaban J connectivity index is 1.65. The summed E-state index contributed by atoms with van der Waals surface area (Å²) in [5, 5.41) is 2.60. The van der Waals surface area contributed by atoms with Crippen molar-refractivity contribution in [3.05, 3.63) is 81.3 Å². The molecule has 1 heterocycles. The average molecular weight is 373 g/mol. The maximum absolute atomic E-state index is 12.6. The van der Waals surface area contributed by atoms with Gasteiger partial charge in [0.05, 0.1) is 11.2 Å². The van der Waals surface area contributed by atoms with E-state index in [0.717, 1.165) is 11.3 Å². The van der Waals surface area contributed by atoms with Gasteiger partial charge in [-0.15, -0.1) is 11.3 Å². The van der Waals surface area contributed by atoms with Crippen molar-refractivity contribution in [3.8, 4) is 5.75 Å². The minimum absolute atomic E-state index is 0.0703. The second kappa shape index (κ2) is 8.14. The Morgan fingerprint density at radius 3 is 2.84 bits per heavy atom. The summed E-state index contributed by atoms with van der Waals surface area (Å²) in [6.45, 7) is 0.878. The van der Waals surface area contributed by atoms with Gasteiger partial charge in [-0.25, -0.2) is 4.98 Å². The van der Waals surface area contributed by atoms with Crippen molar-refractivity contribution in [2.24, 2.45) is 0 Å². The standard InChI is InChI=1S/C19H17ClN2O2S/c1-22(10-14-4-2-6-16(20)8-14)19(23)15-5-3-7-18(9-15)24-11-17-12-25-13-21-17/h2-9,12-13H,10-11H2,1H3. The molecule has 4 nitrogen and oxygen atoms in total. The van der Waals surface area contributed by atoms with Gasteiger partial charge in [-0.2, -0.15) is 0 Å². The van der Waals surface area contributed by atoms with E-state index in [1.54, 1.807) is 29.6 Å². The Hall–Kier alpha value is -2.37. The van der Waals surface area contributed by atoms with Crippen LogP contribution < -0.4 is 4.74 Å². The van der Waals surface area contributed by atoms with Crippen molar-refractivity contribution < 1.29 is 9.53 Å². The Morgan fingerprint density at radius 1 is 1.24 bits per heavy atom. The molecule has 0 N–H and O–H groups in total. The van der Waals surface area contributed by atoms with E-state index in [0.29, 0.717) is 29.5 Å². The SMILES string of the molecule is CN(Cc1cccc(Cl)c1)C(=O)c1cccc(OCc2cscn2)c1. The van der Waals surface area contributed by atoms with Crippen LogP contribution in [0.2, 0.25) is 5.02 Å². The molecule has 0 radical (unpaired) electrons. The Morgan fingerprint density at radius 2 is 2.08 bits per heavy atom. The number of aromatic nitrogens is 1. The van der Waals surface area contributed by atoms with Crippen molar-refractivity contribution in [1.82, 2.24) is 9.88 Å². The van der Waals surface area contributed by atoms with Gasteiger partial charge in [0.15, 0.2) is 0 Å². The summed E-state index contributed by atoms with van der Waals surface area (Å²) in [5.74, 6) is 0.578. The van der Waals surface area contributed by atoms with Crippen LogP contribution in [0.3, 0.4) is 0 Å². The highest BCUT2D eigenvalue weighted by Crippen LogP contribution is 2.18. The van der Waals surface area contributed by atoms with E-state index in [4.69, 9.17) is 16.3 Å². The highest BCUT2D eigenvalue weighted by molar-refractivity contribution is 7.07. The first-order valence-electron chi connectivity index (χ1n) is 7.71. The van der Waals surface area contributed by atoms with E-state index < -0.39 is 0 Å². The summed E-state index contributed by atoms with van der Waals surface area (Å²) in [6.07, 6.45) is 0. The van der Waals surface area contributed by atoms with Gasteiger partial charge >= 0.3 is 0 Å². The van der Waals surface area contributed by atoms with Crippen LogP contribution in [0, 0.1) is 0 Å². The number of carbonyl (C=O) groups is 1. The predicted molar refractivity (Wildman–Crippen MR) is 100 cm³/mol. The molecule has 0 bridgehead atoms. The summed E-state index contributed by atoms with van der Waals surface area (Å²) in [5.41, 5.74) is 4.21. The van der Waals surface area contributed by atoms with Gasteiger partial charge in [-0.3, -0.25) is 4.79 Å². The van der Waals surface area contributed by atoms with E-state index >= 15 is 0 Å². The van der Waals surface area contributed by atoms with Crippen LogP contribution in [-0.4, -0.2) is 22.8 Å². The summed E-state index contributed by atoms with van der Waals surface area (Å²) in [7, 11) is 1.77. The number of benzene rings is 2. The lowest BCUT2D eigenvalue weighted by Crippen LogP contribution is -2.26. The van der Waals surface area contributed by atoms with E-state index in [1.165, 1.54) is 11.3 Å². The van der Waals surface area contributed by atoms with Gasteiger partial charge in [0, 0.05) is 29.6 Å². The molecule has 0 aliphatic rings. The molecule has 2 aromatic carbocycles. The van der Waals surface area contributed by atoms with Crippen LogP contribution in [0.4, 0.5) is 0 Å². The van der Waals surface area contributed by atoms with Gasteiger partial charge in [0.25, 0.3) is 5.91 Å². The van der Waals surface area contributed by atoms with Gasteiger partial charge in [0.2, 0.25) is 0 Å². The number of nitrogens with zero attached hydrogens (tertiary/aromatic N) is 2. The van der Waals surface area contributed by atoms with Crippen molar-refractivity contribution in [1.29, 1.82) is 0 Å². The summed E-state index contributed by atoms with van der Waals surface area (Å²) < 4.78 is 5.71. The van der Waals surface area contributed by atoms with Crippen LogP contribution in [0.1, 0.15) is 21.6 Å². The van der Waals surface area contributed by atoms with E-state index in [1.807, 2.05) is 41.8 Å². The van der Waals surface area contributed by atoms with Crippen molar-refractivity contribution in [2.75, 3.05) is 7.05 Å². The molecule has 0 aliphatic carbocycles. The molecule has 0 saturated heterocycles. The van der Waals surface area contributed by atoms with Gasteiger partial charge in [-0.1, -0.05) is 29.8 Å². The lowest BCUT2D eigenvalue weighted by Gasteiger charge is -2.18. The van der Waals surface area contributed by atoms with Crippen LogP contribution in [0.15, 0.2) is 59.4 Å². The minimum atomic E-state index is -0.0703. The number of hydrogen-bond acceptors (Lipinski definition) is 4. The molecular weight excluding hydrogens is 356 g/mol. The number of rotatable bonds is 6. The largest absolute Gasteiger partial charge is 0.487 e. The molecule has 0 fully saturated rings. The third kappa shape index (κ3) is 4.81. The normalized spacial score (nSPS) is 10.5. The molecule has 128 valence electrons. The molecule has 0 spiro atoms. The fraction of sp³-hybridized carbons (Fsp3) is 0.158. The molecule has 0 aliphatic heterocycles. The first kappa shape index (κ1) is 17.5. The van der Waals surface area contributed by atoms with E-state index in [-0.39, 0.29) is 5.91 Å². The molecule has 0 saturated carbocycles. The molecule has 6 heteroatoms. The number of thiazole rings is 1. The quantitative estimate of drug-likeness (QED) is 0.632. The second-order valence-corrected chi connectivity index (χ2v) is 6.74. The molecule has 1 amide bonds. The van der Waals surface area contributed by atoms with Crippen molar-refractivity contribution in [2.45, 2.75) is 13.2 Å². The molecule has 25 heavy (non-hydrogen) atoms. The zero-order valence-electron chi connectivity index (χ0n) is 13.7. The third-order valence-electron chi connectivity index (χ3n) is 3.61. The fourth-order valence-electron chi connectivity index (χ4n) is 2.39. The Bertz CT molecular complexity index is 852. The lowest BCUT2D eigenvalue weighted by molar-refractivity contribution is 0.0784. The third-order valence-corrected chi connectivity index (χ3v) is 4.48. The van der Waals surface area contributed by atoms with E-state index in [2.05, 4.69) is 4.98 Å². The first-order chi connectivity index (χ1) is 12.1. The number of hydrogen-bond donors (Lipinski definition) is 0. The summed E-state index contributed by atoms with van der Waals surface area (Å²) >= 11 is 7.53. The van der Waals surface area contributed by atoms with Crippen LogP contribution in [-0.2, 0) is 13.2 Å². The maximum atomic E-state index is 12.6. The predicted octanol–water partition coefficient (Wildman–Crippen LogP) is 4.65. The Labute approximate surface area is 155 Å². The maximum Gasteiger partial charge on any atom is 0.254 e. The Kier molecular flexibility index (Phi) is 5.68. The first-order valence-corrected chi connectivity index (χ1v) is 9.04. The molecule has 0 atom stereocenters. The van der Waals surface area contributed by atoms with Crippen LogP contribution >= 0.6 is 22.9 Å². The number of amides is 1. The van der Waals surface area contributed by atoms with Gasteiger partial charge in [-0.05, 0) is 35.9 Å².